The zero-order valence-corrected chi connectivity index (χ0v) is 11.2. The van der Waals surface area contributed by atoms with Gasteiger partial charge in [0.05, 0.1) is 7.11 Å². The highest BCUT2D eigenvalue weighted by molar-refractivity contribution is 5.94. The SMILES string of the molecule is COc1ccc(C(=O)N(C)Cc2ccccc2)cc1. The van der Waals surface area contributed by atoms with Gasteiger partial charge in [-0.3, -0.25) is 4.79 Å². The van der Waals surface area contributed by atoms with E-state index in [-0.39, 0.29) is 5.91 Å². The number of carbonyl (C=O) groups is 1. The average molecular weight is 255 g/mol. The van der Waals surface area contributed by atoms with Crippen molar-refractivity contribution >= 4 is 5.91 Å². The van der Waals surface area contributed by atoms with Crippen molar-refractivity contribution in [1.29, 1.82) is 0 Å². The van der Waals surface area contributed by atoms with Crippen LogP contribution >= 0.6 is 0 Å². The number of methoxy groups -OCH3 is 1. The molecule has 0 aliphatic rings. The fourth-order valence-corrected chi connectivity index (χ4v) is 1.88. The van der Waals surface area contributed by atoms with Gasteiger partial charge in [0.1, 0.15) is 5.75 Å². The molecule has 0 spiro atoms. The zero-order chi connectivity index (χ0) is 13.7. The Morgan fingerprint density at radius 2 is 1.68 bits per heavy atom. The molecule has 0 radical (unpaired) electrons. The molecule has 3 heteroatoms. The third-order valence-corrected chi connectivity index (χ3v) is 2.95. The normalized spacial score (nSPS) is 10.0. The predicted molar refractivity (Wildman–Crippen MR) is 75.2 cm³/mol. The van der Waals surface area contributed by atoms with Crippen molar-refractivity contribution in [2.24, 2.45) is 0 Å². The van der Waals surface area contributed by atoms with Crippen molar-refractivity contribution in [2.45, 2.75) is 6.54 Å². The zero-order valence-electron chi connectivity index (χ0n) is 11.2. The molecule has 0 saturated heterocycles. The molecule has 2 rings (SSSR count). The summed E-state index contributed by atoms with van der Waals surface area (Å²) in [6.45, 7) is 0.603. The minimum atomic E-state index is 0.00602. The van der Waals surface area contributed by atoms with Gasteiger partial charge in [0.2, 0.25) is 0 Å². The summed E-state index contributed by atoms with van der Waals surface area (Å²) in [5, 5.41) is 0. The quantitative estimate of drug-likeness (QED) is 0.840. The van der Waals surface area contributed by atoms with Gasteiger partial charge >= 0.3 is 0 Å². The van der Waals surface area contributed by atoms with E-state index in [0.29, 0.717) is 12.1 Å². The molecule has 1 amide bonds. The van der Waals surface area contributed by atoms with Crippen LogP contribution in [0.2, 0.25) is 0 Å². The van der Waals surface area contributed by atoms with E-state index in [0.717, 1.165) is 11.3 Å². The summed E-state index contributed by atoms with van der Waals surface area (Å²) >= 11 is 0. The Morgan fingerprint density at radius 1 is 1.05 bits per heavy atom. The summed E-state index contributed by atoms with van der Waals surface area (Å²) in [4.78, 5) is 13.9. The summed E-state index contributed by atoms with van der Waals surface area (Å²) < 4.78 is 5.08. The molecular weight excluding hydrogens is 238 g/mol. The Labute approximate surface area is 113 Å². The van der Waals surface area contributed by atoms with Gasteiger partial charge < -0.3 is 9.64 Å². The molecule has 0 fully saturated rings. The summed E-state index contributed by atoms with van der Waals surface area (Å²) in [5.74, 6) is 0.758. The first kappa shape index (κ1) is 13.1. The van der Waals surface area contributed by atoms with E-state index in [1.807, 2.05) is 30.3 Å². The second-order valence-corrected chi connectivity index (χ2v) is 4.38. The highest BCUT2D eigenvalue weighted by Crippen LogP contribution is 2.13. The molecule has 0 atom stereocenters. The monoisotopic (exact) mass is 255 g/mol. The van der Waals surface area contributed by atoms with Crippen LogP contribution in [-0.2, 0) is 6.54 Å². The molecule has 98 valence electrons. The Bertz CT molecular complexity index is 534. The smallest absolute Gasteiger partial charge is 0.253 e. The lowest BCUT2D eigenvalue weighted by Gasteiger charge is -2.17. The molecule has 0 aliphatic carbocycles. The molecule has 0 aliphatic heterocycles. The Balaban J connectivity index is 2.06. The fraction of sp³-hybridized carbons (Fsp3) is 0.188. The second kappa shape index (κ2) is 6.05. The van der Waals surface area contributed by atoms with Crippen molar-refractivity contribution in [1.82, 2.24) is 4.90 Å². The van der Waals surface area contributed by atoms with Crippen LogP contribution in [0.3, 0.4) is 0 Å². The highest BCUT2D eigenvalue weighted by Gasteiger charge is 2.11. The van der Waals surface area contributed by atoms with Crippen LogP contribution in [-0.4, -0.2) is 25.0 Å². The van der Waals surface area contributed by atoms with Gasteiger partial charge in [-0.15, -0.1) is 0 Å². The average Bonchev–Trinajstić information content (AvgIpc) is 2.47. The van der Waals surface area contributed by atoms with Crippen LogP contribution < -0.4 is 4.74 Å². The van der Waals surface area contributed by atoms with Crippen LogP contribution in [0.1, 0.15) is 15.9 Å². The van der Waals surface area contributed by atoms with Crippen LogP contribution in [0.4, 0.5) is 0 Å². The molecule has 0 heterocycles. The highest BCUT2D eigenvalue weighted by atomic mass is 16.5. The maximum Gasteiger partial charge on any atom is 0.253 e. The van der Waals surface area contributed by atoms with Gasteiger partial charge in [-0.25, -0.2) is 0 Å². The maximum absolute atomic E-state index is 12.2. The summed E-state index contributed by atoms with van der Waals surface area (Å²) in [6, 6.07) is 17.1. The van der Waals surface area contributed by atoms with Gasteiger partial charge in [0, 0.05) is 19.2 Å². The van der Waals surface area contributed by atoms with E-state index in [2.05, 4.69) is 0 Å². The first-order valence-corrected chi connectivity index (χ1v) is 6.14. The first-order chi connectivity index (χ1) is 9.20. The minimum Gasteiger partial charge on any atom is -0.497 e. The molecule has 19 heavy (non-hydrogen) atoms. The molecule has 0 unspecified atom stereocenters. The summed E-state index contributed by atoms with van der Waals surface area (Å²) in [7, 11) is 3.41. The van der Waals surface area contributed by atoms with Gasteiger partial charge in [-0.05, 0) is 29.8 Å². The molecule has 0 saturated carbocycles. The van der Waals surface area contributed by atoms with Crippen LogP contribution in [0.5, 0.6) is 5.75 Å². The van der Waals surface area contributed by atoms with E-state index < -0.39 is 0 Å². The third kappa shape index (κ3) is 3.35. The van der Waals surface area contributed by atoms with E-state index in [1.165, 1.54) is 0 Å². The summed E-state index contributed by atoms with van der Waals surface area (Å²) in [6.07, 6.45) is 0. The first-order valence-electron chi connectivity index (χ1n) is 6.14. The van der Waals surface area contributed by atoms with Crippen molar-refractivity contribution in [2.75, 3.05) is 14.2 Å². The minimum absolute atomic E-state index is 0.00602. The molecule has 0 aromatic heterocycles. The Hall–Kier alpha value is -2.29. The molecule has 2 aromatic rings. The Morgan fingerprint density at radius 3 is 2.26 bits per heavy atom. The number of rotatable bonds is 4. The molecular formula is C16H17NO2. The lowest BCUT2D eigenvalue weighted by atomic mass is 10.1. The van der Waals surface area contributed by atoms with Crippen molar-refractivity contribution in [3.8, 4) is 5.75 Å². The molecule has 0 N–H and O–H groups in total. The molecule has 2 aromatic carbocycles. The van der Waals surface area contributed by atoms with Crippen LogP contribution in [0.25, 0.3) is 0 Å². The van der Waals surface area contributed by atoms with E-state index in [1.54, 1.807) is 43.3 Å². The van der Waals surface area contributed by atoms with Crippen molar-refractivity contribution < 1.29 is 9.53 Å². The predicted octanol–water partition coefficient (Wildman–Crippen LogP) is 2.97. The molecule has 0 bridgehead atoms. The van der Waals surface area contributed by atoms with E-state index >= 15 is 0 Å². The lowest BCUT2D eigenvalue weighted by molar-refractivity contribution is 0.0785. The number of amides is 1. The van der Waals surface area contributed by atoms with E-state index in [9.17, 15) is 4.79 Å². The second-order valence-electron chi connectivity index (χ2n) is 4.38. The van der Waals surface area contributed by atoms with Gasteiger partial charge in [0.25, 0.3) is 5.91 Å². The topological polar surface area (TPSA) is 29.5 Å². The lowest BCUT2D eigenvalue weighted by Crippen LogP contribution is -2.26. The maximum atomic E-state index is 12.2. The van der Waals surface area contributed by atoms with E-state index in [4.69, 9.17) is 4.74 Å². The third-order valence-electron chi connectivity index (χ3n) is 2.95. The largest absolute Gasteiger partial charge is 0.497 e. The van der Waals surface area contributed by atoms with Gasteiger partial charge in [-0.2, -0.15) is 0 Å². The standard InChI is InChI=1S/C16H17NO2/c1-17(12-13-6-4-3-5-7-13)16(18)14-8-10-15(19-2)11-9-14/h3-11H,12H2,1-2H3. The number of hydrogen-bond donors (Lipinski definition) is 0. The van der Waals surface area contributed by atoms with Gasteiger partial charge in [0.15, 0.2) is 0 Å². The fourth-order valence-electron chi connectivity index (χ4n) is 1.88. The number of hydrogen-bond acceptors (Lipinski definition) is 2. The van der Waals surface area contributed by atoms with Crippen LogP contribution in [0.15, 0.2) is 54.6 Å². The van der Waals surface area contributed by atoms with Crippen molar-refractivity contribution in [3.63, 3.8) is 0 Å². The number of benzene rings is 2. The molecule has 3 nitrogen and oxygen atoms in total. The number of carbonyl (C=O) groups excluding carboxylic acids is 1. The number of ether oxygens (including phenoxy) is 1. The number of nitrogens with zero attached hydrogens (tertiary/aromatic N) is 1. The van der Waals surface area contributed by atoms with Crippen molar-refractivity contribution in [3.05, 3.63) is 65.7 Å². The summed E-state index contributed by atoms with van der Waals surface area (Å²) in [5.41, 5.74) is 1.78. The van der Waals surface area contributed by atoms with Gasteiger partial charge in [-0.1, -0.05) is 30.3 Å². The van der Waals surface area contributed by atoms with Crippen LogP contribution in [0, 0.1) is 0 Å². The Kier molecular flexibility index (Phi) is 4.18.